The molecule has 0 spiro atoms. The van der Waals surface area contributed by atoms with E-state index in [1.165, 1.54) is 19.1 Å². The molecule has 2 aromatic heterocycles. The number of aliphatic imine (C=N–C) groups is 1. The number of carbonyl (C=O) groups excluding carboxylic acids is 1. The third-order valence-electron chi connectivity index (χ3n) is 4.67. The lowest BCUT2D eigenvalue weighted by Crippen LogP contribution is -2.42. The van der Waals surface area contributed by atoms with Crippen molar-refractivity contribution in [2.75, 3.05) is 39.3 Å². The fourth-order valence-electron chi connectivity index (χ4n) is 3.29. The summed E-state index contributed by atoms with van der Waals surface area (Å²) in [5.74, 6) is 1.77. The van der Waals surface area contributed by atoms with Gasteiger partial charge in [0.25, 0.3) is 5.91 Å². The number of nitrogens with zero attached hydrogens (tertiary/aromatic N) is 2. The summed E-state index contributed by atoms with van der Waals surface area (Å²) < 4.78 is 10.7. The predicted octanol–water partition coefficient (Wildman–Crippen LogP) is 2.61. The van der Waals surface area contributed by atoms with Gasteiger partial charge in [-0.1, -0.05) is 0 Å². The van der Waals surface area contributed by atoms with E-state index < -0.39 is 0 Å². The maximum Gasteiger partial charge on any atom is 0.287 e. The number of nitrogens with one attached hydrogen (secondary N) is 3. The van der Waals surface area contributed by atoms with E-state index in [1.54, 1.807) is 18.4 Å². The lowest BCUT2D eigenvalue weighted by atomic mass is 10.2. The lowest BCUT2D eigenvalue weighted by Gasteiger charge is -2.24. The molecule has 1 aliphatic rings. The van der Waals surface area contributed by atoms with Crippen LogP contribution in [0.25, 0.3) is 0 Å². The molecule has 3 N–H and O–H groups in total. The first-order valence-electron chi connectivity index (χ1n) is 9.89. The lowest BCUT2D eigenvalue weighted by molar-refractivity contribution is 0.0926. The molecule has 1 unspecified atom stereocenters. The number of amides is 1. The predicted molar refractivity (Wildman–Crippen MR) is 123 cm³/mol. The van der Waals surface area contributed by atoms with Gasteiger partial charge in [-0.3, -0.25) is 14.7 Å². The second-order valence-corrected chi connectivity index (χ2v) is 6.65. The molecule has 0 aliphatic carbocycles. The molecule has 0 saturated carbocycles. The summed E-state index contributed by atoms with van der Waals surface area (Å²) in [6, 6.07) is 7.42. The third-order valence-corrected chi connectivity index (χ3v) is 4.67. The van der Waals surface area contributed by atoms with Crippen molar-refractivity contribution in [2.24, 2.45) is 4.99 Å². The van der Waals surface area contributed by atoms with E-state index >= 15 is 0 Å². The topological polar surface area (TPSA) is 95.0 Å². The average molecular weight is 515 g/mol. The van der Waals surface area contributed by atoms with Crippen LogP contribution in [0, 0.1) is 0 Å². The van der Waals surface area contributed by atoms with Crippen molar-refractivity contribution in [3.8, 4) is 0 Å². The Balaban J connectivity index is 0.00000300. The highest BCUT2D eigenvalue weighted by Crippen LogP contribution is 2.25. The number of hydrogen-bond donors (Lipinski definition) is 3. The van der Waals surface area contributed by atoms with Gasteiger partial charge in [0.15, 0.2) is 11.7 Å². The first-order valence-corrected chi connectivity index (χ1v) is 9.89. The first kappa shape index (κ1) is 23.3. The fraction of sp³-hybridized carbons (Fsp3) is 0.500. The Morgan fingerprint density at radius 2 is 1.83 bits per heavy atom. The number of guanidine groups is 1. The van der Waals surface area contributed by atoms with Gasteiger partial charge in [-0.05, 0) is 57.1 Å². The van der Waals surface area contributed by atoms with E-state index in [1.807, 2.05) is 19.1 Å². The van der Waals surface area contributed by atoms with Crippen molar-refractivity contribution >= 4 is 35.8 Å². The van der Waals surface area contributed by atoms with Gasteiger partial charge < -0.3 is 24.8 Å². The Bertz CT molecular complexity index is 727. The molecule has 29 heavy (non-hydrogen) atoms. The van der Waals surface area contributed by atoms with E-state index in [0.717, 1.165) is 31.4 Å². The van der Waals surface area contributed by atoms with Crippen LogP contribution in [0.15, 0.2) is 50.6 Å². The second kappa shape index (κ2) is 12.5. The van der Waals surface area contributed by atoms with Gasteiger partial charge in [0.05, 0.1) is 25.1 Å². The summed E-state index contributed by atoms with van der Waals surface area (Å²) >= 11 is 0. The van der Waals surface area contributed by atoms with Crippen molar-refractivity contribution in [1.82, 2.24) is 20.9 Å². The Morgan fingerprint density at radius 3 is 2.48 bits per heavy atom. The zero-order chi connectivity index (χ0) is 19.6. The monoisotopic (exact) mass is 515 g/mol. The largest absolute Gasteiger partial charge is 0.468 e. The number of halogens is 1. The molecule has 0 aromatic carbocycles. The van der Waals surface area contributed by atoms with E-state index in [2.05, 4.69) is 20.9 Å². The molecule has 1 saturated heterocycles. The van der Waals surface area contributed by atoms with Crippen LogP contribution in [0.5, 0.6) is 0 Å². The van der Waals surface area contributed by atoms with Gasteiger partial charge in [-0.25, -0.2) is 0 Å². The van der Waals surface area contributed by atoms with Crippen LogP contribution < -0.4 is 16.0 Å². The van der Waals surface area contributed by atoms with E-state index in [-0.39, 0.29) is 35.9 Å². The molecule has 9 heteroatoms. The number of likely N-dealkylation sites (tertiary alicyclic amines) is 1. The minimum Gasteiger partial charge on any atom is -0.468 e. The van der Waals surface area contributed by atoms with Crippen LogP contribution in [0.1, 0.15) is 42.1 Å². The zero-order valence-electron chi connectivity index (χ0n) is 16.7. The molecule has 1 fully saturated rings. The minimum atomic E-state index is -0.222. The number of hydrogen-bond acceptors (Lipinski definition) is 5. The molecule has 1 aliphatic heterocycles. The van der Waals surface area contributed by atoms with Gasteiger partial charge in [0, 0.05) is 19.6 Å². The Morgan fingerprint density at radius 1 is 1.10 bits per heavy atom. The van der Waals surface area contributed by atoms with Crippen LogP contribution in [0.3, 0.4) is 0 Å². The van der Waals surface area contributed by atoms with Crippen molar-refractivity contribution in [1.29, 1.82) is 0 Å². The summed E-state index contributed by atoms with van der Waals surface area (Å²) in [6.07, 6.45) is 5.63. The average Bonchev–Trinajstić information content (AvgIpc) is 3.48. The van der Waals surface area contributed by atoms with Gasteiger partial charge in [-0.2, -0.15) is 0 Å². The standard InChI is InChI=1S/C20H29N5O3.HI/c1-2-21-20(23-10-9-22-19(26)18-8-6-14-28-18)24-15-16(17-7-5-13-27-17)25-11-3-4-12-25;/h5-8,13-14,16H,2-4,9-12,15H2,1H3,(H,22,26)(H2,21,23,24);1H. The Hall–Kier alpha value is -2.01. The van der Waals surface area contributed by atoms with Crippen molar-refractivity contribution in [3.63, 3.8) is 0 Å². The van der Waals surface area contributed by atoms with Gasteiger partial charge in [0.1, 0.15) is 5.76 Å². The van der Waals surface area contributed by atoms with Crippen molar-refractivity contribution in [3.05, 3.63) is 48.3 Å². The quantitative estimate of drug-likeness (QED) is 0.206. The van der Waals surface area contributed by atoms with E-state index in [9.17, 15) is 4.79 Å². The van der Waals surface area contributed by atoms with Gasteiger partial charge >= 0.3 is 0 Å². The molecular weight excluding hydrogens is 485 g/mol. The molecule has 160 valence electrons. The number of rotatable bonds is 9. The first-order chi connectivity index (χ1) is 13.8. The molecular formula is C20H30IN5O3. The summed E-state index contributed by atoms with van der Waals surface area (Å²) in [4.78, 5) is 19.0. The third kappa shape index (κ3) is 7.07. The van der Waals surface area contributed by atoms with Crippen LogP contribution in [0.2, 0.25) is 0 Å². The Labute approximate surface area is 188 Å². The Kier molecular flexibility index (Phi) is 10.1. The van der Waals surface area contributed by atoms with Gasteiger partial charge in [0.2, 0.25) is 0 Å². The molecule has 2 aromatic rings. The highest BCUT2D eigenvalue weighted by molar-refractivity contribution is 14.0. The van der Waals surface area contributed by atoms with Crippen LogP contribution in [-0.2, 0) is 0 Å². The molecule has 0 bridgehead atoms. The van der Waals surface area contributed by atoms with Crippen molar-refractivity contribution < 1.29 is 13.6 Å². The maximum absolute atomic E-state index is 11.9. The highest BCUT2D eigenvalue weighted by Gasteiger charge is 2.25. The highest BCUT2D eigenvalue weighted by atomic mass is 127. The summed E-state index contributed by atoms with van der Waals surface area (Å²) in [5.41, 5.74) is 0. The van der Waals surface area contributed by atoms with Crippen LogP contribution in [-0.4, -0.2) is 56.0 Å². The van der Waals surface area contributed by atoms with Gasteiger partial charge in [-0.15, -0.1) is 24.0 Å². The SMILES string of the molecule is CCNC(=NCC(c1ccco1)N1CCCC1)NCCNC(=O)c1ccco1.I. The minimum absolute atomic E-state index is 0. The molecule has 3 heterocycles. The molecule has 8 nitrogen and oxygen atoms in total. The van der Waals surface area contributed by atoms with Crippen molar-refractivity contribution in [2.45, 2.75) is 25.8 Å². The normalized spacial score (nSPS) is 15.6. The maximum atomic E-state index is 11.9. The molecule has 3 rings (SSSR count). The van der Waals surface area contributed by atoms with Crippen LogP contribution >= 0.6 is 24.0 Å². The van der Waals surface area contributed by atoms with Crippen LogP contribution in [0.4, 0.5) is 0 Å². The fourth-order valence-corrected chi connectivity index (χ4v) is 3.29. The summed E-state index contributed by atoms with van der Waals surface area (Å²) in [5, 5.41) is 9.32. The number of carbonyl (C=O) groups is 1. The molecule has 1 atom stereocenters. The number of furan rings is 2. The smallest absolute Gasteiger partial charge is 0.287 e. The molecule has 0 radical (unpaired) electrons. The second-order valence-electron chi connectivity index (χ2n) is 6.65. The van der Waals surface area contributed by atoms with E-state index in [4.69, 9.17) is 13.8 Å². The molecule has 1 amide bonds. The summed E-state index contributed by atoms with van der Waals surface area (Å²) in [6.45, 7) is 6.58. The van der Waals surface area contributed by atoms with E-state index in [0.29, 0.717) is 25.4 Å². The summed E-state index contributed by atoms with van der Waals surface area (Å²) in [7, 11) is 0. The zero-order valence-corrected chi connectivity index (χ0v) is 19.1.